The Morgan fingerprint density at radius 1 is 0.367 bits per heavy atom. The summed E-state index contributed by atoms with van der Waals surface area (Å²) in [7, 11) is 0. The molecule has 0 saturated carbocycles. The Hall–Kier alpha value is -5.66. The van der Waals surface area contributed by atoms with E-state index in [1.165, 1.54) is 67.0 Å². The van der Waals surface area contributed by atoms with Gasteiger partial charge >= 0.3 is 0 Å². The van der Waals surface area contributed by atoms with Crippen LogP contribution < -0.4 is 4.90 Å². The highest BCUT2D eigenvalue weighted by atomic mass is 15.1. The quantitative estimate of drug-likeness (QED) is 0.170. The maximum Gasteiger partial charge on any atom is 0.0465 e. The average Bonchev–Trinajstić information content (AvgIpc) is 3.54. The molecule has 0 N–H and O–H groups in total. The normalized spacial score (nSPS) is 14.4. The maximum atomic E-state index is 2.50. The molecule has 0 bridgehead atoms. The van der Waals surface area contributed by atoms with E-state index in [2.05, 4.69) is 195 Å². The van der Waals surface area contributed by atoms with Crippen LogP contribution in [0.25, 0.3) is 22.3 Å². The van der Waals surface area contributed by atoms with Crippen LogP contribution in [0, 0.1) is 0 Å². The minimum Gasteiger partial charge on any atom is -0.310 e. The molecule has 0 heterocycles. The standard InChI is InChI=1S/C48H39N/c1-47(2)43-24-14-12-22-39(43)41-28-26-37(30-45(41)47)49(36-20-10-5-11-21-36)38-27-29-42-40-23-13-15-25-44(40)48(46(42)31-38,32-34-16-6-3-7-17-34)33-35-18-8-4-9-19-35/h3-31H,32-33H2,1-2H3. The molecule has 0 fully saturated rings. The molecule has 7 aromatic carbocycles. The van der Waals surface area contributed by atoms with Crippen LogP contribution in [0.4, 0.5) is 17.1 Å². The van der Waals surface area contributed by atoms with E-state index in [1.807, 2.05) is 0 Å². The van der Waals surface area contributed by atoms with Crippen molar-refractivity contribution in [3.63, 3.8) is 0 Å². The topological polar surface area (TPSA) is 3.24 Å². The molecule has 1 heteroatoms. The summed E-state index contributed by atoms with van der Waals surface area (Å²) >= 11 is 0. The Balaban J connectivity index is 1.25. The summed E-state index contributed by atoms with van der Waals surface area (Å²) in [5.74, 6) is 0. The van der Waals surface area contributed by atoms with Gasteiger partial charge in [-0.15, -0.1) is 0 Å². The van der Waals surface area contributed by atoms with Crippen LogP contribution in [-0.2, 0) is 23.7 Å². The third-order valence-corrected chi connectivity index (χ3v) is 11.0. The van der Waals surface area contributed by atoms with E-state index < -0.39 is 0 Å². The summed E-state index contributed by atoms with van der Waals surface area (Å²) in [6, 6.07) is 65.3. The first kappa shape index (κ1) is 29.5. The summed E-state index contributed by atoms with van der Waals surface area (Å²) in [5, 5.41) is 0. The summed E-state index contributed by atoms with van der Waals surface area (Å²) in [6.45, 7) is 4.73. The molecule has 0 atom stereocenters. The molecule has 2 aliphatic rings. The fourth-order valence-electron chi connectivity index (χ4n) is 8.77. The molecule has 2 aliphatic carbocycles. The fourth-order valence-corrected chi connectivity index (χ4v) is 8.77. The highest BCUT2D eigenvalue weighted by molar-refractivity contribution is 5.88. The van der Waals surface area contributed by atoms with E-state index in [-0.39, 0.29) is 10.8 Å². The van der Waals surface area contributed by atoms with Gasteiger partial charge in [0.05, 0.1) is 0 Å². The summed E-state index contributed by atoms with van der Waals surface area (Å²) in [5.41, 5.74) is 16.9. The molecule has 236 valence electrons. The van der Waals surface area contributed by atoms with Crippen molar-refractivity contribution in [3.05, 3.63) is 209 Å². The van der Waals surface area contributed by atoms with E-state index >= 15 is 0 Å². The molecular formula is C48H39N. The smallest absolute Gasteiger partial charge is 0.0465 e. The first-order chi connectivity index (χ1) is 24.0. The van der Waals surface area contributed by atoms with Crippen LogP contribution in [0.5, 0.6) is 0 Å². The van der Waals surface area contributed by atoms with Crippen molar-refractivity contribution in [1.82, 2.24) is 0 Å². The Morgan fingerprint density at radius 2 is 0.796 bits per heavy atom. The predicted octanol–water partition coefficient (Wildman–Crippen LogP) is 12.2. The van der Waals surface area contributed by atoms with Crippen molar-refractivity contribution in [3.8, 4) is 22.3 Å². The van der Waals surface area contributed by atoms with E-state index in [9.17, 15) is 0 Å². The lowest BCUT2D eigenvalue weighted by Crippen LogP contribution is -2.31. The van der Waals surface area contributed by atoms with Gasteiger partial charge in [0.1, 0.15) is 0 Å². The van der Waals surface area contributed by atoms with Gasteiger partial charge in [-0.3, -0.25) is 0 Å². The van der Waals surface area contributed by atoms with Crippen LogP contribution in [0.15, 0.2) is 176 Å². The number of nitrogens with zero attached hydrogens (tertiary/aromatic N) is 1. The second-order valence-corrected chi connectivity index (χ2v) is 14.3. The van der Waals surface area contributed by atoms with Crippen molar-refractivity contribution >= 4 is 17.1 Å². The number of rotatable bonds is 7. The van der Waals surface area contributed by atoms with Crippen molar-refractivity contribution in [1.29, 1.82) is 0 Å². The number of hydrogen-bond acceptors (Lipinski definition) is 1. The van der Waals surface area contributed by atoms with Gasteiger partial charge in [0.25, 0.3) is 0 Å². The number of benzene rings is 7. The van der Waals surface area contributed by atoms with E-state index in [0.29, 0.717) is 0 Å². The Bertz CT molecular complexity index is 2260. The van der Waals surface area contributed by atoms with Gasteiger partial charge in [-0.1, -0.05) is 153 Å². The van der Waals surface area contributed by atoms with Gasteiger partial charge < -0.3 is 4.90 Å². The zero-order valence-electron chi connectivity index (χ0n) is 28.1. The Morgan fingerprint density at radius 3 is 1.39 bits per heavy atom. The van der Waals surface area contributed by atoms with Gasteiger partial charge in [-0.05, 0) is 105 Å². The molecule has 7 aromatic rings. The Kier molecular flexibility index (Phi) is 6.91. The van der Waals surface area contributed by atoms with Crippen molar-refractivity contribution < 1.29 is 0 Å². The molecular weight excluding hydrogens is 591 g/mol. The number of hydrogen-bond donors (Lipinski definition) is 0. The molecule has 49 heavy (non-hydrogen) atoms. The van der Waals surface area contributed by atoms with Crippen LogP contribution in [0.1, 0.15) is 47.2 Å². The first-order valence-corrected chi connectivity index (χ1v) is 17.4. The van der Waals surface area contributed by atoms with Crippen LogP contribution in [0.3, 0.4) is 0 Å². The van der Waals surface area contributed by atoms with Crippen LogP contribution in [-0.4, -0.2) is 0 Å². The summed E-state index contributed by atoms with van der Waals surface area (Å²) < 4.78 is 0. The highest BCUT2D eigenvalue weighted by Gasteiger charge is 2.44. The molecule has 0 amide bonds. The third-order valence-electron chi connectivity index (χ3n) is 11.0. The molecule has 0 radical (unpaired) electrons. The molecule has 9 rings (SSSR count). The SMILES string of the molecule is CC1(C)c2ccccc2-c2ccc(N(c3ccccc3)c3ccc4c(c3)C(Cc3ccccc3)(Cc3ccccc3)c3ccccc3-4)cc21. The van der Waals surface area contributed by atoms with Gasteiger partial charge in [-0.25, -0.2) is 0 Å². The third kappa shape index (κ3) is 4.76. The van der Waals surface area contributed by atoms with Gasteiger partial charge in [0.2, 0.25) is 0 Å². The van der Waals surface area contributed by atoms with E-state index in [1.54, 1.807) is 0 Å². The summed E-state index contributed by atoms with van der Waals surface area (Å²) in [4.78, 5) is 2.46. The average molecular weight is 630 g/mol. The lowest BCUT2D eigenvalue weighted by atomic mass is 9.69. The summed E-state index contributed by atoms with van der Waals surface area (Å²) in [6.07, 6.45) is 1.85. The zero-order chi connectivity index (χ0) is 33.0. The first-order valence-electron chi connectivity index (χ1n) is 17.4. The molecule has 0 unspecified atom stereocenters. The molecule has 0 aromatic heterocycles. The lowest BCUT2D eigenvalue weighted by molar-refractivity contribution is 0.520. The lowest BCUT2D eigenvalue weighted by Gasteiger charge is -2.34. The fraction of sp³-hybridized carbons (Fsp3) is 0.125. The van der Waals surface area contributed by atoms with Gasteiger partial charge in [0.15, 0.2) is 0 Å². The zero-order valence-corrected chi connectivity index (χ0v) is 28.1. The van der Waals surface area contributed by atoms with E-state index in [0.717, 1.165) is 18.5 Å². The van der Waals surface area contributed by atoms with Crippen molar-refractivity contribution in [2.75, 3.05) is 4.90 Å². The molecule has 0 aliphatic heterocycles. The van der Waals surface area contributed by atoms with Gasteiger partial charge in [0, 0.05) is 27.9 Å². The maximum absolute atomic E-state index is 2.50. The number of anilines is 3. The number of fused-ring (bicyclic) bond motifs is 6. The van der Waals surface area contributed by atoms with Crippen LogP contribution >= 0.6 is 0 Å². The van der Waals surface area contributed by atoms with Gasteiger partial charge in [-0.2, -0.15) is 0 Å². The van der Waals surface area contributed by atoms with Crippen molar-refractivity contribution in [2.24, 2.45) is 0 Å². The van der Waals surface area contributed by atoms with Crippen LogP contribution in [0.2, 0.25) is 0 Å². The van der Waals surface area contributed by atoms with Crippen molar-refractivity contribution in [2.45, 2.75) is 37.5 Å². The Labute approximate surface area is 290 Å². The highest BCUT2D eigenvalue weighted by Crippen LogP contribution is 2.55. The molecule has 0 saturated heterocycles. The minimum absolute atomic E-state index is 0.0790. The predicted molar refractivity (Wildman–Crippen MR) is 205 cm³/mol. The molecule has 1 nitrogen and oxygen atoms in total. The number of para-hydroxylation sites is 1. The second-order valence-electron chi connectivity index (χ2n) is 14.3. The largest absolute Gasteiger partial charge is 0.310 e. The monoisotopic (exact) mass is 629 g/mol. The molecule has 0 spiro atoms. The minimum atomic E-state index is -0.228. The second kappa shape index (κ2) is 11.5. The van der Waals surface area contributed by atoms with E-state index in [4.69, 9.17) is 0 Å².